The maximum absolute atomic E-state index is 13.2. The first-order chi connectivity index (χ1) is 17.2. The van der Waals surface area contributed by atoms with E-state index in [4.69, 9.17) is 20.8 Å². The molecule has 2 rings (SSSR count). The highest BCUT2D eigenvalue weighted by Crippen LogP contribution is 2.21. The van der Waals surface area contributed by atoms with Gasteiger partial charge in [-0.25, -0.2) is 0 Å². The number of ether oxygens (including phenoxy) is 1. The standard InChI is InChI=1S/C27H37ClN2O5S/c1-5-6-9-22(24(31)17-36-16-21-8-7-12-34-21)30-27(33)23(13-18(2)3)29-26(32)15-35-25-11-10-20(28)14-19(25)4/h7-8,10-12,14,18,22-23H,5-6,9,13,15-17H2,1-4H3,(H,29,32)(H,30,33). The molecule has 2 amide bonds. The Morgan fingerprint density at radius 1 is 1.14 bits per heavy atom. The Balaban J connectivity index is 1.96. The Morgan fingerprint density at radius 2 is 1.92 bits per heavy atom. The predicted octanol–water partition coefficient (Wildman–Crippen LogP) is 5.33. The number of hydrogen-bond acceptors (Lipinski definition) is 6. The number of unbranched alkanes of at least 4 members (excludes halogenated alkanes) is 1. The van der Waals surface area contributed by atoms with Crippen molar-refractivity contribution in [3.63, 3.8) is 0 Å². The molecule has 7 nitrogen and oxygen atoms in total. The van der Waals surface area contributed by atoms with Gasteiger partial charge in [0.1, 0.15) is 17.6 Å². The fourth-order valence-electron chi connectivity index (χ4n) is 3.60. The van der Waals surface area contributed by atoms with Crippen LogP contribution in [0.1, 0.15) is 57.8 Å². The van der Waals surface area contributed by atoms with Crippen LogP contribution in [-0.4, -0.2) is 42.0 Å². The van der Waals surface area contributed by atoms with Crippen LogP contribution < -0.4 is 15.4 Å². The van der Waals surface area contributed by atoms with Crippen molar-refractivity contribution in [2.45, 2.75) is 71.2 Å². The Morgan fingerprint density at radius 3 is 2.56 bits per heavy atom. The number of Topliss-reactive ketones (excluding diaryl/α,β-unsaturated/α-hetero) is 1. The fraction of sp³-hybridized carbons (Fsp3) is 0.519. The van der Waals surface area contributed by atoms with Crippen molar-refractivity contribution in [3.8, 4) is 5.75 Å². The first kappa shape index (κ1) is 29.8. The van der Waals surface area contributed by atoms with Crippen LogP contribution in [0.25, 0.3) is 0 Å². The Kier molecular flexibility index (Phi) is 12.9. The van der Waals surface area contributed by atoms with Gasteiger partial charge < -0.3 is 19.8 Å². The molecule has 2 aromatic rings. The van der Waals surface area contributed by atoms with Gasteiger partial charge in [0, 0.05) is 5.02 Å². The van der Waals surface area contributed by atoms with Crippen LogP contribution in [0.5, 0.6) is 5.75 Å². The van der Waals surface area contributed by atoms with Crippen LogP contribution in [0.2, 0.25) is 5.02 Å². The molecule has 0 aliphatic carbocycles. The zero-order valence-electron chi connectivity index (χ0n) is 21.5. The number of aryl methyl sites for hydroxylation is 1. The van der Waals surface area contributed by atoms with Crippen molar-refractivity contribution in [2.75, 3.05) is 12.4 Å². The number of amides is 2. The number of furan rings is 1. The van der Waals surface area contributed by atoms with Gasteiger partial charge >= 0.3 is 0 Å². The van der Waals surface area contributed by atoms with Gasteiger partial charge in [-0.2, -0.15) is 0 Å². The summed E-state index contributed by atoms with van der Waals surface area (Å²) < 4.78 is 10.9. The summed E-state index contributed by atoms with van der Waals surface area (Å²) in [6, 6.07) is 7.47. The Labute approximate surface area is 223 Å². The number of ketones is 1. The van der Waals surface area contributed by atoms with Crippen LogP contribution in [0.15, 0.2) is 41.0 Å². The van der Waals surface area contributed by atoms with E-state index in [1.807, 2.05) is 39.8 Å². The third-order valence-electron chi connectivity index (χ3n) is 5.47. The summed E-state index contributed by atoms with van der Waals surface area (Å²) in [6.07, 6.45) is 4.33. The lowest BCUT2D eigenvalue weighted by Crippen LogP contribution is -2.53. The maximum Gasteiger partial charge on any atom is 0.258 e. The minimum absolute atomic E-state index is 0.0375. The Hall–Kier alpha value is -2.45. The van der Waals surface area contributed by atoms with Crippen molar-refractivity contribution < 1.29 is 23.5 Å². The summed E-state index contributed by atoms with van der Waals surface area (Å²) in [5, 5.41) is 6.27. The van der Waals surface area contributed by atoms with Crippen molar-refractivity contribution in [1.29, 1.82) is 0 Å². The summed E-state index contributed by atoms with van der Waals surface area (Å²) >= 11 is 7.42. The quantitative estimate of drug-likeness (QED) is 0.301. The highest BCUT2D eigenvalue weighted by atomic mass is 35.5. The van der Waals surface area contributed by atoms with Gasteiger partial charge in [0.2, 0.25) is 5.91 Å². The summed E-state index contributed by atoms with van der Waals surface area (Å²) in [4.78, 5) is 38.7. The molecule has 9 heteroatoms. The number of benzene rings is 1. The van der Waals surface area contributed by atoms with E-state index in [-0.39, 0.29) is 30.0 Å². The number of rotatable bonds is 16. The summed E-state index contributed by atoms with van der Waals surface area (Å²) in [5.74, 6) is 1.57. The molecule has 0 saturated heterocycles. The van der Waals surface area contributed by atoms with Gasteiger partial charge in [0.15, 0.2) is 12.4 Å². The minimum atomic E-state index is -0.764. The van der Waals surface area contributed by atoms with E-state index in [0.29, 0.717) is 29.4 Å². The van der Waals surface area contributed by atoms with Gasteiger partial charge in [-0.05, 0) is 61.6 Å². The van der Waals surface area contributed by atoms with Gasteiger partial charge in [0.25, 0.3) is 5.91 Å². The lowest BCUT2D eigenvalue weighted by Gasteiger charge is -2.24. The number of carbonyl (C=O) groups is 3. The molecule has 2 atom stereocenters. The monoisotopic (exact) mass is 536 g/mol. The van der Waals surface area contributed by atoms with Crippen molar-refractivity contribution in [2.24, 2.45) is 5.92 Å². The van der Waals surface area contributed by atoms with E-state index in [1.54, 1.807) is 24.5 Å². The van der Waals surface area contributed by atoms with E-state index in [0.717, 1.165) is 24.2 Å². The van der Waals surface area contributed by atoms with E-state index < -0.39 is 18.0 Å². The van der Waals surface area contributed by atoms with Crippen LogP contribution >= 0.6 is 23.4 Å². The summed E-state index contributed by atoms with van der Waals surface area (Å²) in [5.41, 5.74) is 0.814. The molecule has 0 aliphatic heterocycles. The topological polar surface area (TPSA) is 97.6 Å². The lowest BCUT2D eigenvalue weighted by atomic mass is 10.0. The average molecular weight is 537 g/mol. The zero-order chi connectivity index (χ0) is 26.5. The van der Waals surface area contributed by atoms with Gasteiger partial charge in [-0.1, -0.05) is 45.2 Å². The smallest absolute Gasteiger partial charge is 0.258 e. The van der Waals surface area contributed by atoms with Crippen LogP contribution in [0.3, 0.4) is 0 Å². The molecule has 0 bridgehead atoms. The second-order valence-electron chi connectivity index (χ2n) is 9.19. The summed E-state index contributed by atoms with van der Waals surface area (Å²) in [7, 11) is 0. The predicted molar refractivity (Wildman–Crippen MR) is 144 cm³/mol. The molecule has 36 heavy (non-hydrogen) atoms. The number of hydrogen-bond donors (Lipinski definition) is 2. The van der Waals surface area contributed by atoms with Gasteiger partial charge in [-0.3, -0.25) is 14.4 Å². The fourth-order valence-corrected chi connectivity index (χ4v) is 4.70. The molecule has 0 saturated carbocycles. The first-order valence-electron chi connectivity index (χ1n) is 12.3. The van der Waals surface area contributed by atoms with Crippen LogP contribution in [0.4, 0.5) is 0 Å². The number of carbonyl (C=O) groups excluding carboxylic acids is 3. The van der Waals surface area contributed by atoms with Crippen LogP contribution in [-0.2, 0) is 20.1 Å². The minimum Gasteiger partial charge on any atom is -0.484 e. The normalized spacial score (nSPS) is 12.7. The van der Waals surface area contributed by atoms with Gasteiger partial charge in [-0.15, -0.1) is 11.8 Å². The molecule has 1 aromatic heterocycles. The Bertz CT molecular complexity index is 981. The van der Waals surface area contributed by atoms with Crippen molar-refractivity contribution >= 4 is 41.0 Å². The molecule has 0 aliphatic rings. The highest BCUT2D eigenvalue weighted by molar-refractivity contribution is 7.99. The molecule has 2 N–H and O–H groups in total. The first-order valence-corrected chi connectivity index (χ1v) is 13.8. The second kappa shape index (κ2) is 15.6. The molecule has 0 spiro atoms. The van der Waals surface area contributed by atoms with E-state index >= 15 is 0 Å². The zero-order valence-corrected chi connectivity index (χ0v) is 23.0. The number of thioether (sulfide) groups is 1. The molecule has 1 aromatic carbocycles. The largest absolute Gasteiger partial charge is 0.484 e. The molecule has 2 unspecified atom stereocenters. The van der Waals surface area contributed by atoms with E-state index in [9.17, 15) is 14.4 Å². The van der Waals surface area contributed by atoms with Crippen molar-refractivity contribution in [3.05, 3.63) is 52.9 Å². The number of halogens is 1. The maximum atomic E-state index is 13.2. The molecule has 0 radical (unpaired) electrons. The SMILES string of the molecule is CCCCC(NC(=O)C(CC(C)C)NC(=O)COc1ccc(Cl)cc1C)C(=O)CSCc1ccco1. The molecule has 0 fully saturated rings. The highest BCUT2D eigenvalue weighted by Gasteiger charge is 2.27. The molecular formula is C27H37ClN2O5S. The second-order valence-corrected chi connectivity index (χ2v) is 10.6. The third-order valence-corrected chi connectivity index (χ3v) is 6.69. The average Bonchev–Trinajstić information content (AvgIpc) is 3.33. The van der Waals surface area contributed by atoms with E-state index in [1.165, 1.54) is 11.8 Å². The molecule has 1 heterocycles. The summed E-state index contributed by atoms with van der Waals surface area (Å²) in [6.45, 7) is 7.61. The molecular weight excluding hydrogens is 500 g/mol. The third kappa shape index (κ3) is 10.7. The van der Waals surface area contributed by atoms with Crippen molar-refractivity contribution in [1.82, 2.24) is 10.6 Å². The lowest BCUT2D eigenvalue weighted by molar-refractivity contribution is -0.132. The van der Waals surface area contributed by atoms with Gasteiger partial charge in [0.05, 0.1) is 23.8 Å². The molecule has 198 valence electrons. The van der Waals surface area contributed by atoms with E-state index in [2.05, 4.69) is 10.6 Å². The number of nitrogens with one attached hydrogen (secondary N) is 2. The van der Waals surface area contributed by atoms with Crippen LogP contribution in [0, 0.1) is 12.8 Å².